The number of rotatable bonds is 4. The lowest BCUT2D eigenvalue weighted by Crippen LogP contribution is -2.13. The van der Waals surface area contributed by atoms with Crippen molar-refractivity contribution in [3.05, 3.63) is 83.9 Å². The molecule has 0 bridgehead atoms. The second-order valence-electron chi connectivity index (χ2n) is 6.21. The summed E-state index contributed by atoms with van der Waals surface area (Å²) in [7, 11) is 1.30. The van der Waals surface area contributed by atoms with E-state index in [1.54, 1.807) is 30.3 Å². The Morgan fingerprint density at radius 1 is 0.929 bits per heavy atom. The molecule has 1 aromatic heterocycles. The summed E-state index contributed by atoms with van der Waals surface area (Å²) in [6.07, 6.45) is 0. The van der Waals surface area contributed by atoms with Gasteiger partial charge in [-0.3, -0.25) is 4.79 Å². The van der Waals surface area contributed by atoms with Gasteiger partial charge in [-0.25, -0.2) is 9.78 Å². The molecule has 4 aromatic rings. The summed E-state index contributed by atoms with van der Waals surface area (Å²) in [4.78, 5) is 32.1. The van der Waals surface area contributed by atoms with Gasteiger partial charge in [-0.05, 0) is 36.4 Å². The molecule has 1 amide bonds. The van der Waals surface area contributed by atoms with Crippen LogP contribution in [0.2, 0.25) is 0 Å². The van der Waals surface area contributed by atoms with Gasteiger partial charge in [0.05, 0.1) is 23.7 Å². The highest BCUT2D eigenvalue weighted by Gasteiger charge is 2.12. The SMILES string of the molecule is COC(=O)c1cccc(C(=O)Nc2ccc3[nH]c(-c4ccccc4)nc3c2)c1. The number of amides is 1. The fourth-order valence-electron chi connectivity index (χ4n) is 2.92. The molecule has 6 nitrogen and oxygen atoms in total. The van der Waals surface area contributed by atoms with Gasteiger partial charge >= 0.3 is 5.97 Å². The molecule has 0 aliphatic rings. The summed E-state index contributed by atoms with van der Waals surface area (Å²) in [6, 6.07) is 21.7. The number of carbonyl (C=O) groups excluding carboxylic acids is 2. The van der Waals surface area contributed by atoms with Gasteiger partial charge in [0.1, 0.15) is 5.82 Å². The van der Waals surface area contributed by atoms with E-state index in [0.717, 1.165) is 22.4 Å². The number of benzene rings is 3. The first-order valence-electron chi connectivity index (χ1n) is 8.69. The zero-order chi connectivity index (χ0) is 19.5. The number of methoxy groups -OCH3 is 1. The van der Waals surface area contributed by atoms with Crippen LogP contribution in [0.3, 0.4) is 0 Å². The lowest BCUT2D eigenvalue weighted by Gasteiger charge is -2.06. The van der Waals surface area contributed by atoms with Crippen LogP contribution in [-0.2, 0) is 4.74 Å². The average molecular weight is 371 g/mol. The van der Waals surface area contributed by atoms with E-state index in [2.05, 4.69) is 15.3 Å². The number of imidazole rings is 1. The maximum Gasteiger partial charge on any atom is 0.337 e. The number of anilines is 1. The third kappa shape index (κ3) is 3.48. The monoisotopic (exact) mass is 371 g/mol. The third-order valence-corrected chi connectivity index (χ3v) is 4.33. The molecule has 28 heavy (non-hydrogen) atoms. The quantitative estimate of drug-likeness (QED) is 0.525. The number of hydrogen-bond acceptors (Lipinski definition) is 4. The zero-order valence-electron chi connectivity index (χ0n) is 15.1. The predicted octanol–water partition coefficient (Wildman–Crippen LogP) is 4.27. The van der Waals surface area contributed by atoms with E-state index in [0.29, 0.717) is 16.8 Å². The third-order valence-electron chi connectivity index (χ3n) is 4.33. The highest BCUT2D eigenvalue weighted by molar-refractivity contribution is 6.06. The number of nitrogens with zero attached hydrogens (tertiary/aromatic N) is 1. The van der Waals surface area contributed by atoms with Crippen molar-refractivity contribution < 1.29 is 14.3 Å². The van der Waals surface area contributed by atoms with Crippen LogP contribution >= 0.6 is 0 Å². The lowest BCUT2D eigenvalue weighted by molar-refractivity contribution is 0.0600. The second-order valence-corrected chi connectivity index (χ2v) is 6.21. The van der Waals surface area contributed by atoms with E-state index < -0.39 is 5.97 Å². The molecule has 0 atom stereocenters. The molecular weight excluding hydrogens is 354 g/mol. The molecular formula is C22H17N3O3. The van der Waals surface area contributed by atoms with E-state index >= 15 is 0 Å². The minimum absolute atomic E-state index is 0.316. The van der Waals surface area contributed by atoms with Crippen LogP contribution in [0.4, 0.5) is 5.69 Å². The van der Waals surface area contributed by atoms with Crippen LogP contribution in [0, 0.1) is 0 Å². The molecule has 0 saturated carbocycles. The molecule has 0 radical (unpaired) electrons. The molecule has 0 fully saturated rings. The van der Waals surface area contributed by atoms with E-state index in [9.17, 15) is 9.59 Å². The highest BCUT2D eigenvalue weighted by Crippen LogP contribution is 2.23. The maximum atomic E-state index is 12.5. The lowest BCUT2D eigenvalue weighted by atomic mass is 10.1. The van der Waals surface area contributed by atoms with Crippen molar-refractivity contribution in [1.82, 2.24) is 9.97 Å². The van der Waals surface area contributed by atoms with Crippen LogP contribution in [-0.4, -0.2) is 29.0 Å². The number of ether oxygens (including phenoxy) is 1. The Labute approximate surface area is 161 Å². The van der Waals surface area contributed by atoms with Gasteiger partial charge in [-0.1, -0.05) is 36.4 Å². The van der Waals surface area contributed by atoms with Crippen LogP contribution in [0.15, 0.2) is 72.8 Å². The molecule has 0 unspecified atom stereocenters. The van der Waals surface area contributed by atoms with Gasteiger partial charge in [0, 0.05) is 16.8 Å². The summed E-state index contributed by atoms with van der Waals surface area (Å²) >= 11 is 0. The largest absolute Gasteiger partial charge is 0.465 e. The normalized spacial score (nSPS) is 10.6. The fraction of sp³-hybridized carbons (Fsp3) is 0.0455. The average Bonchev–Trinajstić information content (AvgIpc) is 3.17. The first-order chi connectivity index (χ1) is 13.6. The summed E-state index contributed by atoms with van der Waals surface area (Å²) < 4.78 is 4.69. The maximum absolute atomic E-state index is 12.5. The zero-order valence-corrected chi connectivity index (χ0v) is 15.1. The van der Waals surface area contributed by atoms with Crippen molar-refractivity contribution in [1.29, 1.82) is 0 Å². The Kier molecular flexibility index (Phi) is 4.60. The Hall–Kier alpha value is -3.93. The van der Waals surface area contributed by atoms with Crippen molar-refractivity contribution in [3.8, 4) is 11.4 Å². The molecule has 1 heterocycles. The van der Waals surface area contributed by atoms with Crippen LogP contribution < -0.4 is 5.32 Å². The number of nitrogens with one attached hydrogen (secondary N) is 2. The molecule has 0 aliphatic carbocycles. The number of H-pyrrole nitrogens is 1. The first-order valence-corrected chi connectivity index (χ1v) is 8.69. The minimum atomic E-state index is -0.485. The smallest absolute Gasteiger partial charge is 0.337 e. The molecule has 3 aromatic carbocycles. The first kappa shape index (κ1) is 17.5. The van der Waals surface area contributed by atoms with E-state index in [-0.39, 0.29) is 5.91 Å². The molecule has 2 N–H and O–H groups in total. The van der Waals surface area contributed by atoms with Crippen molar-refractivity contribution in [2.45, 2.75) is 0 Å². The Morgan fingerprint density at radius 3 is 2.50 bits per heavy atom. The molecule has 0 spiro atoms. The summed E-state index contributed by atoms with van der Waals surface area (Å²) in [5, 5.41) is 2.84. The molecule has 4 rings (SSSR count). The molecule has 0 aliphatic heterocycles. The Morgan fingerprint density at radius 2 is 1.71 bits per heavy atom. The molecule has 6 heteroatoms. The van der Waals surface area contributed by atoms with Gasteiger partial charge in [0.15, 0.2) is 0 Å². The van der Waals surface area contributed by atoms with Crippen molar-refractivity contribution in [2.75, 3.05) is 12.4 Å². The summed E-state index contributed by atoms with van der Waals surface area (Å²) in [6.45, 7) is 0. The Balaban J connectivity index is 1.58. The number of aromatic nitrogens is 2. The minimum Gasteiger partial charge on any atom is -0.465 e. The number of esters is 1. The standard InChI is InChI=1S/C22H17N3O3/c1-28-22(27)16-9-5-8-15(12-16)21(26)23-17-10-11-18-19(13-17)25-20(24-18)14-6-3-2-4-7-14/h2-13H,1H3,(H,23,26)(H,24,25). The van der Waals surface area contributed by atoms with E-state index in [1.165, 1.54) is 13.2 Å². The van der Waals surface area contributed by atoms with Crippen molar-refractivity contribution >= 4 is 28.6 Å². The van der Waals surface area contributed by atoms with Gasteiger partial charge in [-0.2, -0.15) is 0 Å². The van der Waals surface area contributed by atoms with Gasteiger partial charge in [0.25, 0.3) is 5.91 Å². The van der Waals surface area contributed by atoms with Crippen LogP contribution in [0.25, 0.3) is 22.4 Å². The van der Waals surface area contributed by atoms with Gasteiger partial charge in [-0.15, -0.1) is 0 Å². The second kappa shape index (κ2) is 7.36. The van der Waals surface area contributed by atoms with Crippen molar-refractivity contribution in [2.24, 2.45) is 0 Å². The van der Waals surface area contributed by atoms with Crippen molar-refractivity contribution in [3.63, 3.8) is 0 Å². The molecule has 0 saturated heterocycles. The van der Waals surface area contributed by atoms with Crippen LogP contribution in [0.1, 0.15) is 20.7 Å². The fourth-order valence-corrected chi connectivity index (χ4v) is 2.92. The molecule has 138 valence electrons. The van der Waals surface area contributed by atoms with Gasteiger partial charge < -0.3 is 15.0 Å². The number of carbonyl (C=O) groups is 2. The van der Waals surface area contributed by atoms with E-state index in [1.807, 2.05) is 36.4 Å². The highest BCUT2D eigenvalue weighted by atomic mass is 16.5. The summed E-state index contributed by atoms with van der Waals surface area (Å²) in [5.74, 6) is -0.0326. The number of hydrogen-bond donors (Lipinski definition) is 2. The Bertz CT molecular complexity index is 1170. The van der Waals surface area contributed by atoms with Gasteiger partial charge in [0.2, 0.25) is 0 Å². The number of aromatic amines is 1. The summed E-state index contributed by atoms with van der Waals surface area (Å²) in [5.41, 5.74) is 3.93. The topological polar surface area (TPSA) is 84.1 Å². The van der Waals surface area contributed by atoms with E-state index in [4.69, 9.17) is 4.74 Å². The predicted molar refractivity (Wildman–Crippen MR) is 107 cm³/mol. The number of fused-ring (bicyclic) bond motifs is 1. The van der Waals surface area contributed by atoms with Crippen LogP contribution in [0.5, 0.6) is 0 Å².